The zero-order valence-corrected chi connectivity index (χ0v) is 21.4. The molecular weight excluding hydrogens is 516 g/mol. The number of nitrogens with zero attached hydrogens (tertiary/aromatic N) is 4. The Hall–Kier alpha value is -3.40. The van der Waals surface area contributed by atoms with Crippen LogP contribution < -0.4 is 9.47 Å². The first-order valence-corrected chi connectivity index (χ1v) is 12.1. The second-order valence-electron chi connectivity index (χ2n) is 8.24. The second-order valence-corrected chi connectivity index (χ2v) is 9.15. The van der Waals surface area contributed by atoms with Crippen molar-refractivity contribution in [2.24, 2.45) is 5.10 Å². The van der Waals surface area contributed by atoms with E-state index in [2.05, 4.69) is 21.0 Å². The average molecular weight is 543 g/mol. The highest BCUT2D eigenvalue weighted by atomic mass is 79.9. The van der Waals surface area contributed by atoms with Gasteiger partial charge in [-0.1, -0.05) is 34.1 Å². The Kier molecular flexibility index (Phi) is 7.39. The SMILES string of the molecule is CCN1CCN(CC(=O)N2N=C(c3ccc(Br)cc3)C[C@@H]2c2ccc(OC)c(OC)c2)C(=O)C1=O. The molecule has 9 nitrogen and oxygen atoms in total. The molecule has 184 valence electrons. The fraction of sp³-hybridized carbons (Fsp3) is 0.360. The van der Waals surface area contributed by atoms with Gasteiger partial charge in [-0.25, -0.2) is 5.01 Å². The average Bonchev–Trinajstić information content (AvgIpc) is 3.32. The van der Waals surface area contributed by atoms with Crippen LogP contribution >= 0.6 is 15.9 Å². The first-order valence-electron chi connectivity index (χ1n) is 11.3. The lowest BCUT2D eigenvalue weighted by Crippen LogP contribution is -2.56. The minimum Gasteiger partial charge on any atom is -0.493 e. The van der Waals surface area contributed by atoms with E-state index in [-0.39, 0.29) is 12.5 Å². The van der Waals surface area contributed by atoms with Crippen molar-refractivity contribution in [1.29, 1.82) is 0 Å². The predicted molar refractivity (Wildman–Crippen MR) is 133 cm³/mol. The number of carbonyl (C=O) groups excluding carboxylic acids is 3. The molecule has 35 heavy (non-hydrogen) atoms. The highest BCUT2D eigenvalue weighted by molar-refractivity contribution is 9.10. The van der Waals surface area contributed by atoms with E-state index in [9.17, 15) is 14.4 Å². The van der Waals surface area contributed by atoms with Crippen LogP contribution in [0.25, 0.3) is 0 Å². The molecular formula is C25H27BrN4O5. The van der Waals surface area contributed by atoms with Gasteiger partial charge in [-0.3, -0.25) is 14.4 Å². The van der Waals surface area contributed by atoms with Gasteiger partial charge in [0.1, 0.15) is 6.54 Å². The van der Waals surface area contributed by atoms with Gasteiger partial charge in [0.15, 0.2) is 11.5 Å². The molecule has 2 aromatic carbocycles. The monoisotopic (exact) mass is 542 g/mol. The first kappa shape index (κ1) is 24.7. The number of methoxy groups -OCH3 is 2. The lowest BCUT2D eigenvalue weighted by atomic mass is 9.98. The summed E-state index contributed by atoms with van der Waals surface area (Å²) in [5.41, 5.74) is 2.48. The molecule has 10 heteroatoms. The number of hydrogen-bond acceptors (Lipinski definition) is 6. The summed E-state index contributed by atoms with van der Waals surface area (Å²) in [6, 6.07) is 12.8. The van der Waals surface area contributed by atoms with E-state index in [1.165, 1.54) is 14.8 Å². The summed E-state index contributed by atoms with van der Waals surface area (Å²) in [7, 11) is 3.12. The molecule has 0 N–H and O–H groups in total. The largest absolute Gasteiger partial charge is 0.493 e. The van der Waals surface area contributed by atoms with Crippen molar-refractivity contribution in [2.45, 2.75) is 19.4 Å². The molecule has 0 radical (unpaired) electrons. The van der Waals surface area contributed by atoms with Crippen molar-refractivity contribution in [3.63, 3.8) is 0 Å². The molecule has 3 amide bonds. The number of ether oxygens (including phenoxy) is 2. The summed E-state index contributed by atoms with van der Waals surface area (Å²) < 4.78 is 11.8. The maximum Gasteiger partial charge on any atom is 0.312 e. The fourth-order valence-electron chi connectivity index (χ4n) is 4.28. The summed E-state index contributed by atoms with van der Waals surface area (Å²) in [5.74, 6) is -0.470. The van der Waals surface area contributed by atoms with Gasteiger partial charge in [-0.2, -0.15) is 5.10 Å². The lowest BCUT2D eigenvalue weighted by molar-refractivity contribution is -0.157. The molecule has 0 aliphatic carbocycles. The molecule has 1 saturated heterocycles. The van der Waals surface area contributed by atoms with Crippen molar-refractivity contribution in [1.82, 2.24) is 14.8 Å². The molecule has 0 aromatic heterocycles. The number of hydrazone groups is 1. The van der Waals surface area contributed by atoms with Gasteiger partial charge in [0, 0.05) is 30.5 Å². The number of hydrogen-bond donors (Lipinski definition) is 0. The smallest absolute Gasteiger partial charge is 0.312 e. The maximum atomic E-state index is 13.4. The Morgan fingerprint density at radius 1 is 1.00 bits per heavy atom. The summed E-state index contributed by atoms with van der Waals surface area (Å²) in [6.07, 6.45) is 0.485. The maximum absolute atomic E-state index is 13.4. The van der Waals surface area contributed by atoms with E-state index in [4.69, 9.17) is 9.47 Å². The Morgan fingerprint density at radius 2 is 1.66 bits per heavy atom. The van der Waals surface area contributed by atoms with E-state index in [0.29, 0.717) is 37.6 Å². The molecule has 0 saturated carbocycles. The van der Waals surface area contributed by atoms with Crippen LogP contribution in [0.1, 0.15) is 30.5 Å². The van der Waals surface area contributed by atoms with Crippen molar-refractivity contribution in [3.8, 4) is 11.5 Å². The summed E-state index contributed by atoms with van der Waals surface area (Å²) >= 11 is 3.44. The molecule has 2 heterocycles. The van der Waals surface area contributed by atoms with Gasteiger partial charge >= 0.3 is 11.8 Å². The molecule has 1 atom stereocenters. The number of rotatable bonds is 7. The molecule has 2 aliphatic heterocycles. The van der Waals surface area contributed by atoms with Crippen LogP contribution in [0.15, 0.2) is 52.0 Å². The normalized spacial score (nSPS) is 18.1. The third-order valence-electron chi connectivity index (χ3n) is 6.24. The lowest BCUT2D eigenvalue weighted by Gasteiger charge is -2.33. The van der Waals surface area contributed by atoms with Crippen LogP contribution in [0.4, 0.5) is 0 Å². The number of piperazine rings is 1. The molecule has 4 rings (SSSR count). The third-order valence-corrected chi connectivity index (χ3v) is 6.77. The first-order chi connectivity index (χ1) is 16.9. The van der Waals surface area contributed by atoms with E-state index in [0.717, 1.165) is 21.3 Å². The topological polar surface area (TPSA) is 91.8 Å². The number of likely N-dealkylation sites (N-methyl/N-ethyl adjacent to an activating group) is 1. The quantitative estimate of drug-likeness (QED) is 0.501. The highest BCUT2D eigenvalue weighted by Gasteiger charge is 2.37. The van der Waals surface area contributed by atoms with E-state index in [1.54, 1.807) is 20.3 Å². The van der Waals surface area contributed by atoms with Gasteiger partial charge in [0.05, 0.1) is 26.0 Å². The van der Waals surface area contributed by atoms with E-state index < -0.39 is 17.9 Å². The molecule has 0 unspecified atom stereocenters. The van der Waals surface area contributed by atoms with Crippen LogP contribution in [0.2, 0.25) is 0 Å². The van der Waals surface area contributed by atoms with Crippen molar-refractivity contribution >= 4 is 39.4 Å². The Labute approximate surface area is 212 Å². The number of amides is 3. The third kappa shape index (κ3) is 5.02. The Bertz CT molecular complexity index is 1170. The van der Waals surface area contributed by atoms with Crippen molar-refractivity contribution in [3.05, 3.63) is 58.1 Å². The van der Waals surface area contributed by atoms with Crippen molar-refractivity contribution in [2.75, 3.05) is 40.4 Å². The second kappa shape index (κ2) is 10.5. The summed E-state index contributed by atoms with van der Waals surface area (Å²) in [4.78, 5) is 41.1. The van der Waals surface area contributed by atoms with Crippen molar-refractivity contribution < 1.29 is 23.9 Å². The van der Waals surface area contributed by atoms with Crippen LogP contribution in [0.3, 0.4) is 0 Å². The van der Waals surface area contributed by atoms with E-state index >= 15 is 0 Å². The minimum absolute atomic E-state index is 0.219. The van der Waals surface area contributed by atoms with Gasteiger partial charge in [-0.15, -0.1) is 0 Å². The fourth-order valence-corrected chi connectivity index (χ4v) is 4.54. The highest BCUT2D eigenvalue weighted by Crippen LogP contribution is 2.37. The molecule has 2 aromatic rings. The standard InChI is InChI=1S/C25H27BrN4O5/c1-4-28-11-12-29(25(33)24(28)32)15-23(31)30-20(17-7-10-21(34-2)22(13-17)35-3)14-19(27-30)16-5-8-18(26)9-6-16/h5-10,13,20H,4,11-12,14-15H2,1-3H3/t20-/m1/s1. The molecule has 0 spiro atoms. The van der Waals surface area contributed by atoms with Crippen LogP contribution in [0, 0.1) is 0 Å². The van der Waals surface area contributed by atoms with Gasteiger partial charge in [0.25, 0.3) is 5.91 Å². The van der Waals surface area contributed by atoms with Crippen LogP contribution in [-0.2, 0) is 14.4 Å². The molecule has 2 aliphatic rings. The zero-order chi connectivity index (χ0) is 25.1. The Balaban J connectivity index is 1.63. The van der Waals surface area contributed by atoms with Gasteiger partial charge in [-0.05, 0) is 42.3 Å². The molecule has 0 bridgehead atoms. The Morgan fingerprint density at radius 3 is 2.31 bits per heavy atom. The number of carbonyl (C=O) groups is 3. The predicted octanol–water partition coefficient (Wildman–Crippen LogP) is 2.83. The van der Waals surface area contributed by atoms with Crippen LogP contribution in [-0.4, -0.2) is 78.6 Å². The minimum atomic E-state index is -0.662. The number of halogens is 1. The van der Waals surface area contributed by atoms with E-state index in [1.807, 2.05) is 43.3 Å². The summed E-state index contributed by atoms with van der Waals surface area (Å²) in [6.45, 7) is 2.77. The van der Waals surface area contributed by atoms with Gasteiger partial charge < -0.3 is 19.3 Å². The summed E-state index contributed by atoms with van der Waals surface area (Å²) in [5, 5.41) is 6.08. The van der Waals surface area contributed by atoms with Gasteiger partial charge in [0.2, 0.25) is 0 Å². The zero-order valence-electron chi connectivity index (χ0n) is 19.9. The van der Waals surface area contributed by atoms with Crippen LogP contribution in [0.5, 0.6) is 11.5 Å². The number of benzene rings is 2. The molecule has 1 fully saturated rings.